The molecular weight excluding hydrogens is 295 g/mol. The first kappa shape index (κ1) is 15.5. The standard InChI is InChI=1S/C15H16ClFN2O2/c1-4-19-14(15(16)9(2)18-19)8-21-11-5-6-12(10(3)20)13(17)7-11/h5-7H,4,8H2,1-3H3. The van der Waals surface area contributed by atoms with E-state index >= 15 is 0 Å². The second kappa shape index (κ2) is 6.26. The van der Waals surface area contributed by atoms with Crippen LogP contribution >= 0.6 is 11.6 Å². The molecule has 0 bridgehead atoms. The van der Waals surface area contributed by atoms with Gasteiger partial charge in [0.2, 0.25) is 0 Å². The number of hydrogen-bond donors (Lipinski definition) is 0. The molecule has 21 heavy (non-hydrogen) atoms. The maximum Gasteiger partial charge on any atom is 0.162 e. The van der Waals surface area contributed by atoms with Crippen molar-refractivity contribution in [2.24, 2.45) is 0 Å². The summed E-state index contributed by atoms with van der Waals surface area (Å²) in [7, 11) is 0. The summed E-state index contributed by atoms with van der Waals surface area (Å²) in [4.78, 5) is 11.2. The van der Waals surface area contributed by atoms with E-state index in [-0.39, 0.29) is 18.0 Å². The molecule has 112 valence electrons. The van der Waals surface area contributed by atoms with Crippen molar-refractivity contribution in [2.45, 2.75) is 33.9 Å². The van der Waals surface area contributed by atoms with Crippen LogP contribution in [0.25, 0.3) is 0 Å². The van der Waals surface area contributed by atoms with Crippen LogP contribution in [0.3, 0.4) is 0 Å². The Morgan fingerprint density at radius 3 is 2.76 bits per heavy atom. The number of ether oxygens (including phenoxy) is 1. The average Bonchev–Trinajstić information content (AvgIpc) is 2.71. The van der Waals surface area contributed by atoms with Crippen LogP contribution in [0, 0.1) is 12.7 Å². The summed E-state index contributed by atoms with van der Waals surface area (Å²) >= 11 is 6.17. The number of aromatic nitrogens is 2. The van der Waals surface area contributed by atoms with Gasteiger partial charge in [-0.05, 0) is 32.9 Å². The molecule has 0 fully saturated rings. The average molecular weight is 311 g/mol. The highest BCUT2D eigenvalue weighted by molar-refractivity contribution is 6.31. The molecule has 0 aliphatic carbocycles. The summed E-state index contributed by atoms with van der Waals surface area (Å²) in [5, 5.41) is 4.84. The van der Waals surface area contributed by atoms with E-state index in [1.54, 1.807) is 10.7 Å². The Bertz CT molecular complexity index is 683. The number of carbonyl (C=O) groups is 1. The molecule has 1 aromatic carbocycles. The fourth-order valence-electron chi connectivity index (χ4n) is 2.03. The highest BCUT2D eigenvalue weighted by Crippen LogP contribution is 2.23. The number of rotatable bonds is 5. The number of hydrogen-bond acceptors (Lipinski definition) is 3. The van der Waals surface area contributed by atoms with E-state index in [2.05, 4.69) is 5.10 Å². The van der Waals surface area contributed by atoms with Crippen molar-refractivity contribution in [2.75, 3.05) is 0 Å². The van der Waals surface area contributed by atoms with Gasteiger partial charge in [0.1, 0.15) is 18.2 Å². The van der Waals surface area contributed by atoms with Gasteiger partial charge in [0.25, 0.3) is 0 Å². The fraction of sp³-hybridized carbons (Fsp3) is 0.333. The van der Waals surface area contributed by atoms with Gasteiger partial charge < -0.3 is 4.74 Å². The SMILES string of the molecule is CCn1nc(C)c(Cl)c1COc1ccc(C(C)=O)c(F)c1. The second-order valence-corrected chi connectivity index (χ2v) is 5.03. The van der Waals surface area contributed by atoms with E-state index in [4.69, 9.17) is 16.3 Å². The molecule has 6 heteroatoms. The lowest BCUT2D eigenvalue weighted by atomic mass is 10.1. The fourth-order valence-corrected chi connectivity index (χ4v) is 2.22. The molecule has 0 radical (unpaired) electrons. The third-order valence-electron chi connectivity index (χ3n) is 3.15. The lowest BCUT2D eigenvalue weighted by molar-refractivity contribution is 0.101. The smallest absolute Gasteiger partial charge is 0.162 e. The zero-order chi connectivity index (χ0) is 15.6. The van der Waals surface area contributed by atoms with Crippen LogP contribution in [0.5, 0.6) is 5.75 Å². The molecule has 0 unspecified atom stereocenters. The third kappa shape index (κ3) is 3.24. The van der Waals surface area contributed by atoms with Crippen LogP contribution in [0.1, 0.15) is 35.6 Å². The predicted octanol–water partition coefficient (Wildman–Crippen LogP) is 3.79. The first-order chi connectivity index (χ1) is 9.93. The quantitative estimate of drug-likeness (QED) is 0.789. The number of Topliss-reactive ketones (excluding diaryl/α,β-unsaturated/α-hetero) is 1. The Labute approximate surface area is 127 Å². The predicted molar refractivity (Wildman–Crippen MR) is 78.4 cm³/mol. The number of aryl methyl sites for hydroxylation is 2. The summed E-state index contributed by atoms with van der Waals surface area (Å²) in [5.41, 5.74) is 1.53. The number of benzene rings is 1. The molecule has 4 nitrogen and oxygen atoms in total. The Hall–Kier alpha value is -1.88. The van der Waals surface area contributed by atoms with Gasteiger partial charge >= 0.3 is 0 Å². The van der Waals surface area contributed by atoms with Crippen LogP contribution in [-0.4, -0.2) is 15.6 Å². The molecule has 0 atom stereocenters. The molecule has 0 amide bonds. The molecule has 0 saturated heterocycles. The summed E-state index contributed by atoms with van der Waals surface area (Å²) in [6, 6.07) is 4.17. The largest absolute Gasteiger partial charge is 0.487 e. The van der Waals surface area contributed by atoms with Crippen molar-refractivity contribution in [3.05, 3.63) is 46.0 Å². The number of nitrogens with zero attached hydrogens (tertiary/aromatic N) is 2. The van der Waals surface area contributed by atoms with Gasteiger partial charge in [-0.25, -0.2) is 4.39 Å². The van der Waals surface area contributed by atoms with E-state index in [0.29, 0.717) is 17.3 Å². The maximum absolute atomic E-state index is 13.7. The van der Waals surface area contributed by atoms with Crippen molar-refractivity contribution in [1.82, 2.24) is 9.78 Å². The highest BCUT2D eigenvalue weighted by Gasteiger charge is 2.14. The Morgan fingerprint density at radius 1 is 1.48 bits per heavy atom. The zero-order valence-corrected chi connectivity index (χ0v) is 12.9. The second-order valence-electron chi connectivity index (χ2n) is 4.65. The van der Waals surface area contributed by atoms with Gasteiger partial charge in [0.15, 0.2) is 5.78 Å². The van der Waals surface area contributed by atoms with Crippen molar-refractivity contribution in [1.29, 1.82) is 0 Å². The minimum Gasteiger partial charge on any atom is -0.487 e. The lowest BCUT2D eigenvalue weighted by Crippen LogP contribution is -2.07. The monoisotopic (exact) mass is 310 g/mol. The first-order valence-corrected chi connectivity index (χ1v) is 6.96. The number of ketones is 1. The van der Waals surface area contributed by atoms with E-state index in [0.717, 1.165) is 11.4 Å². The maximum atomic E-state index is 13.7. The number of halogens is 2. The van der Waals surface area contributed by atoms with Crippen LogP contribution in [-0.2, 0) is 13.2 Å². The van der Waals surface area contributed by atoms with E-state index in [1.165, 1.54) is 19.1 Å². The van der Waals surface area contributed by atoms with Gasteiger partial charge in [0.05, 0.1) is 22.0 Å². The Balaban J connectivity index is 2.17. The van der Waals surface area contributed by atoms with Crippen LogP contribution in [0.15, 0.2) is 18.2 Å². The molecule has 0 spiro atoms. The number of carbonyl (C=O) groups excluding carboxylic acids is 1. The van der Waals surface area contributed by atoms with Crippen LogP contribution < -0.4 is 4.74 Å². The van der Waals surface area contributed by atoms with Crippen LogP contribution in [0.2, 0.25) is 5.02 Å². The lowest BCUT2D eigenvalue weighted by Gasteiger charge is -2.09. The van der Waals surface area contributed by atoms with Gasteiger partial charge in [-0.3, -0.25) is 9.48 Å². The summed E-state index contributed by atoms with van der Waals surface area (Å²) in [6.45, 7) is 5.95. The molecule has 1 heterocycles. The first-order valence-electron chi connectivity index (χ1n) is 6.59. The highest BCUT2D eigenvalue weighted by atomic mass is 35.5. The van der Waals surface area contributed by atoms with Crippen molar-refractivity contribution in [3.8, 4) is 5.75 Å². The Kier molecular flexibility index (Phi) is 4.63. The topological polar surface area (TPSA) is 44.1 Å². The molecular formula is C15H16ClFN2O2. The minimum atomic E-state index is -0.591. The van der Waals surface area contributed by atoms with Crippen molar-refractivity contribution >= 4 is 17.4 Å². The van der Waals surface area contributed by atoms with Crippen LogP contribution in [0.4, 0.5) is 4.39 Å². The molecule has 1 aromatic heterocycles. The minimum absolute atomic E-state index is 0.0508. The summed E-state index contributed by atoms with van der Waals surface area (Å²) in [5.74, 6) is -0.567. The normalized spacial score (nSPS) is 10.7. The van der Waals surface area contributed by atoms with Gasteiger partial charge in [-0.15, -0.1) is 0 Å². The molecule has 0 aliphatic heterocycles. The van der Waals surface area contributed by atoms with E-state index in [9.17, 15) is 9.18 Å². The summed E-state index contributed by atoms with van der Waals surface area (Å²) < 4.78 is 21.0. The van der Waals surface area contributed by atoms with E-state index in [1.807, 2.05) is 13.8 Å². The Morgan fingerprint density at radius 2 is 2.19 bits per heavy atom. The molecule has 2 aromatic rings. The zero-order valence-electron chi connectivity index (χ0n) is 12.1. The molecule has 2 rings (SSSR count). The molecule has 0 aliphatic rings. The van der Waals surface area contributed by atoms with Crippen molar-refractivity contribution in [3.63, 3.8) is 0 Å². The third-order valence-corrected chi connectivity index (χ3v) is 3.64. The summed E-state index contributed by atoms with van der Waals surface area (Å²) in [6.07, 6.45) is 0. The molecule has 0 N–H and O–H groups in total. The van der Waals surface area contributed by atoms with Crippen molar-refractivity contribution < 1.29 is 13.9 Å². The van der Waals surface area contributed by atoms with E-state index < -0.39 is 5.82 Å². The van der Waals surface area contributed by atoms with Gasteiger partial charge in [-0.2, -0.15) is 5.10 Å². The molecule has 0 saturated carbocycles. The van der Waals surface area contributed by atoms with Gasteiger partial charge in [0, 0.05) is 12.6 Å². The van der Waals surface area contributed by atoms with Gasteiger partial charge in [-0.1, -0.05) is 11.6 Å².